The molecule has 0 saturated carbocycles. The third-order valence-electron chi connectivity index (χ3n) is 3.16. The van der Waals surface area contributed by atoms with E-state index in [0.29, 0.717) is 0 Å². The molecule has 2 aromatic carbocycles. The van der Waals surface area contributed by atoms with Crippen molar-refractivity contribution in [1.82, 2.24) is 5.32 Å². The second-order valence-corrected chi connectivity index (χ2v) is 5.35. The molecule has 8 heteroatoms. The second kappa shape index (κ2) is 7.53. The first kappa shape index (κ1) is 18.1. The van der Waals surface area contributed by atoms with Crippen molar-refractivity contribution in [2.45, 2.75) is 12.7 Å². The van der Waals surface area contributed by atoms with Crippen molar-refractivity contribution >= 4 is 23.2 Å². The lowest BCUT2D eigenvalue weighted by molar-refractivity contribution is -0.137. The molecule has 0 aliphatic carbocycles. The van der Waals surface area contributed by atoms with Crippen molar-refractivity contribution in [2.24, 2.45) is 0 Å². The molecule has 0 aliphatic rings. The minimum absolute atomic E-state index is 0.0556. The summed E-state index contributed by atoms with van der Waals surface area (Å²) in [6.07, 6.45) is -4.60. The predicted octanol–water partition coefficient (Wildman–Crippen LogP) is 4.23. The number of halogens is 5. The maximum atomic E-state index is 13.4. The van der Waals surface area contributed by atoms with E-state index in [1.165, 1.54) is 24.3 Å². The molecule has 0 aromatic heterocycles. The van der Waals surface area contributed by atoms with Gasteiger partial charge in [-0.25, -0.2) is 4.39 Å². The van der Waals surface area contributed by atoms with Crippen molar-refractivity contribution in [3.63, 3.8) is 0 Å². The van der Waals surface area contributed by atoms with Crippen LogP contribution in [-0.2, 0) is 17.5 Å². The number of alkyl halides is 3. The van der Waals surface area contributed by atoms with Gasteiger partial charge < -0.3 is 10.6 Å². The first-order chi connectivity index (χ1) is 11.3. The van der Waals surface area contributed by atoms with E-state index in [0.717, 1.165) is 12.1 Å². The fraction of sp³-hybridized carbons (Fsp3) is 0.188. The van der Waals surface area contributed by atoms with Crippen LogP contribution < -0.4 is 10.6 Å². The maximum Gasteiger partial charge on any atom is 0.418 e. The number of carbonyl (C=O) groups excluding carboxylic acids is 1. The number of nitrogens with one attached hydrogen (secondary N) is 2. The summed E-state index contributed by atoms with van der Waals surface area (Å²) in [6.45, 7) is -0.445. The molecule has 0 saturated heterocycles. The van der Waals surface area contributed by atoms with E-state index in [-0.39, 0.29) is 29.4 Å². The topological polar surface area (TPSA) is 41.1 Å². The third-order valence-corrected chi connectivity index (χ3v) is 3.40. The average Bonchev–Trinajstić information content (AvgIpc) is 2.52. The number of carbonyl (C=O) groups is 1. The molecule has 1 amide bonds. The highest BCUT2D eigenvalue weighted by Crippen LogP contribution is 2.36. The third kappa shape index (κ3) is 4.86. The number of anilines is 1. The Labute approximate surface area is 140 Å². The van der Waals surface area contributed by atoms with E-state index in [4.69, 9.17) is 11.6 Å². The molecule has 3 nitrogen and oxygen atoms in total. The van der Waals surface area contributed by atoms with E-state index in [9.17, 15) is 22.4 Å². The molecule has 2 N–H and O–H groups in total. The summed E-state index contributed by atoms with van der Waals surface area (Å²) in [5.41, 5.74) is -0.932. The van der Waals surface area contributed by atoms with Crippen molar-refractivity contribution in [3.05, 3.63) is 64.4 Å². The summed E-state index contributed by atoms with van der Waals surface area (Å²) in [6, 6.07) is 9.10. The molecular formula is C16H13ClF4N2O. The van der Waals surface area contributed by atoms with Gasteiger partial charge in [0.2, 0.25) is 5.91 Å². The van der Waals surface area contributed by atoms with Crippen LogP contribution in [0.25, 0.3) is 0 Å². The molecule has 2 rings (SSSR count). The molecule has 0 bridgehead atoms. The van der Waals surface area contributed by atoms with Crippen molar-refractivity contribution in [2.75, 3.05) is 11.9 Å². The fourth-order valence-electron chi connectivity index (χ4n) is 1.98. The van der Waals surface area contributed by atoms with Gasteiger partial charge >= 0.3 is 6.18 Å². The van der Waals surface area contributed by atoms with Gasteiger partial charge in [0.05, 0.1) is 12.1 Å². The quantitative estimate of drug-likeness (QED) is 0.784. The van der Waals surface area contributed by atoms with Gasteiger partial charge in [-0.1, -0.05) is 29.8 Å². The van der Waals surface area contributed by atoms with Gasteiger partial charge in [-0.3, -0.25) is 4.79 Å². The smallest absolute Gasteiger partial charge is 0.376 e. The lowest BCUT2D eigenvalue weighted by Crippen LogP contribution is -2.30. The number of hydrogen-bond donors (Lipinski definition) is 2. The van der Waals surface area contributed by atoms with Gasteiger partial charge in [0, 0.05) is 22.8 Å². The molecular weight excluding hydrogens is 348 g/mol. The van der Waals surface area contributed by atoms with Gasteiger partial charge in [0.15, 0.2) is 0 Å². The Hall–Kier alpha value is -2.28. The van der Waals surface area contributed by atoms with Crippen molar-refractivity contribution in [3.8, 4) is 0 Å². The summed E-state index contributed by atoms with van der Waals surface area (Å²) in [5.74, 6) is -1.04. The Kier molecular flexibility index (Phi) is 5.66. The van der Waals surface area contributed by atoms with Crippen LogP contribution in [0.5, 0.6) is 0 Å². The van der Waals surface area contributed by atoms with Crippen molar-refractivity contribution < 1.29 is 22.4 Å². The van der Waals surface area contributed by atoms with E-state index >= 15 is 0 Å². The van der Waals surface area contributed by atoms with Gasteiger partial charge in [-0.05, 0) is 24.3 Å². The average molecular weight is 361 g/mol. The molecule has 0 unspecified atom stereocenters. The fourth-order valence-corrected chi connectivity index (χ4v) is 2.15. The first-order valence-electron chi connectivity index (χ1n) is 6.88. The number of benzene rings is 2. The number of hydrogen-bond acceptors (Lipinski definition) is 2. The lowest BCUT2D eigenvalue weighted by atomic mass is 10.1. The normalized spacial score (nSPS) is 11.2. The number of rotatable bonds is 5. The van der Waals surface area contributed by atoms with E-state index in [1.807, 2.05) is 0 Å². The van der Waals surface area contributed by atoms with E-state index < -0.39 is 23.5 Å². The Morgan fingerprint density at radius 1 is 1.12 bits per heavy atom. The Balaban J connectivity index is 1.96. The monoisotopic (exact) mass is 360 g/mol. The van der Waals surface area contributed by atoms with Crippen LogP contribution in [0.1, 0.15) is 11.1 Å². The van der Waals surface area contributed by atoms with Gasteiger partial charge in [-0.2, -0.15) is 13.2 Å². The summed E-state index contributed by atoms with van der Waals surface area (Å²) in [5, 5.41) is 4.79. The molecule has 128 valence electrons. The zero-order valence-corrected chi connectivity index (χ0v) is 13.0. The SMILES string of the molecule is O=C(CNc1ccc(Cl)cc1C(F)(F)F)NCc1ccccc1F. The standard InChI is InChI=1S/C16H13ClF4N2O/c17-11-5-6-14(12(7-11)16(19,20)21)22-9-15(24)23-8-10-3-1-2-4-13(10)18/h1-7,22H,8-9H2,(H,23,24). The molecule has 0 radical (unpaired) electrons. The van der Waals surface area contributed by atoms with Crippen LogP contribution in [0.3, 0.4) is 0 Å². The highest BCUT2D eigenvalue weighted by molar-refractivity contribution is 6.30. The summed E-state index contributed by atoms with van der Waals surface area (Å²) >= 11 is 5.58. The maximum absolute atomic E-state index is 13.4. The van der Waals surface area contributed by atoms with Crippen LogP contribution >= 0.6 is 11.6 Å². The zero-order chi connectivity index (χ0) is 17.7. The van der Waals surface area contributed by atoms with Gasteiger partial charge in [0.25, 0.3) is 0 Å². The van der Waals surface area contributed by atoms with Crippen LogP contribution in [0.2, 0.25) is 5.02 Å². The highest BCUT2D eigenvalue weighted by atomic mass is 35.5. The first-order valence-corrected chi connectivity index (χ1v) is 7.26. The Morgan fingerprint density at radius 2 is 1.83 bits per heavy atom. The highest BCUT2D eigenvalue weighted by Gasteiger charge is 2.33. The Bertz CT molecular complexity index is 734. The molecule has 0 heterocycles. The van der Waals surface area contributed by atoms with Gasteiger partial charge in [-0.15, -0.1) is 0 Å². The van der Waals surface area contributed by atoms with Gasteiger partial charge in [0.1, 0.15) is 5.82 Å². The molecule has 2 aromatic rings. The summed E-state index contributed by atoms with van der Waals surface area (Å²) < 4.78 is 52.2. The molecule has 0 atom stereocenters. The number of amides is 1. The predicted molar refractivity (Wildman–Crippen MR) is 83.2 cm³/mol. The minimum Gasteiger partial charge on any atom is -0.376 e. The zero-order valence-electron chi connectivity index (χ0n) is 12.3. The Morgan fingerprint density at radius 3 is 2.50 bits per heavy atom. The molecule has 24 heavy (non-hydrogen) atoms. The molecule has 0 aliphatic heterocycles. The summed E-state index contributed by atoms with van der Waals surface area (Å²) in [4.78, 5) is 11.7. The van der Waals surface area contributed by atoms with Crippen LogP contribution in [0, 0.1) is 5.82 Å². The largest absolute Gasteiger partial charge is 0.418 e. The molecule has 0 spiro atoms. The molecule has 0 fully saturated rings. The van der Waals surface area contributed by atoms with Crippen LogP contribution in [0.4, 0.5) is 23.2 Å². The lowest BCUT2D eigenvalue weighted by Gasteiger charge is -2.15. The van der Waals surface area contributed by atoms with E-state index in [1.54, 1.807) is 6.07 Å². The van der Waals surface area contributed by atoms with Crippen molar-refractivity contribution in [1.29, 1.82) is 0 Å². The van der Waals surface area contributed by atoms with E-state index in [2.05, 4.69) is 10.6 Å². The summed E-state index contributed by atoms with van der Waals surface area (Å²) in [7, 11) is 0. The van der Waals surface area contributed by atoms with Crippen LogP contribution in [0.15, 0.2) is 42.5 Å². The second-order valence-electron chi connectivity index (χ2n) is 4.91. The minimum atomic E-state index is -4.60. The van der Waals surface area contributed by atoms with Crippen LogP contribution in [-0.4, -0.2) is 12.5 Å².